The molecule has 0 heterocycles. The first-order chi connectivity index (χ1) is 11.0. The third kappa shape index (κ3) is 7.79. The second-order valence-electron chi connectivity index (χ2n) is 5.95. The van der Waals surface area contributed by atoms with Gasteiger partial charge in [-0.25, -0.2) is 0 Å². The Labute approximate surface area is 139 Å². The van der Waals surface area contributed by atoms with E-state index in [1.807, 2.05) is 14.1 Å². The second kappa shape index (κ2) is 10.8. The highest BCUT2D eigenvalue weighted by Crippen LogP contribution is 2.05. The monoisotopic (exact) mass is 319 g/mol. The molecule has 0 aromatic heterocycles. The predicted octanol–water partition coefficient (Wildman–Crippen LogP) is 2.29. The minimum atomic E-state index is -0.0985. The van der Waals surface area contributed by atoms with Crippen LogP contribution in [0.15, 0.2) is 24.3 Å². The first kappa shape index (κ1) is 19.2. The summed E-state index contributed by atoms with van der Waals surface area (Å²) in [6.45, 7) is 4.42. The molecule has 0 unspecified atom stereocenters. The lowest BCUT2D eigenvalue weighted by Crippen LogP contribution is -2.27. The molecule has 1 aromatic carbocycles. The molecule has 2 N–H and O–H groups in total. The van der Waals surface area contributed by atoms with E-state index in [4.69, 9.17) is 0 Å². The SMILES string of the molecule is CCCCCNC(=O)c1ccc(C(=O)NCCCN(C)C)cc1. The number of hydrogen-bond acceptors (Lipinski definition) is 3. The van der Waals surface area contributed by atoms with Crippen LogP contribution in [0.4, 0.5) is 0 Å². The predicted molar refractivity (Wildman–Crippen MR) is 93.8 cm³/mol. The Hall–Kier alpha value is -1.88. The van der Waals surface area contributed by atoms with Crippen molar-refractivity contribution < 1.29 is 9.59 Å². The van der Waals surface area contributed by atoms with Crippen molar-refractivity contribution >= 4 is 11.8 Å². The van der Waals surface area contributed by atoms with Gasteiger partial charge in [-0.3, -0.25) is 9.59 Å². The molecule has 5 heteroatoms. The van der Waals surface area contributed by atoms with Crippen molar-refractivity contribution in [2.24, 2.45) is 0 Å². The Bertz CT molecular complexity index is 484. The fourth-order valence-electron chi connectivity index (χ4n) is 2.15. The number of amides is 2. The maximum Gasteiger partial charge on any atom is 0.251 e. The molecule has 2 amide bonds. The molecule has 0 bridgehead atoms. The highest BCUT2D eigenvalue weighted by atomic mass is 16.2. The molecular formula is C18H29N3O2. The molecule has 0 atom stereocenters. The largest absolute Gasteiger partial charge is 0.352 e. The van der Waals surface area contributed by atoms with E-state index in [1.165, 1.54) is 0 Å². The molecule has 0 spiro atoms. The fraction of sp³-hybridized carbons (Fsp3) is 0.556. The normalized spacial score (nSPS) is 10.6. The van der Waals surface area contributed by atoms with Gasteiger partial charge in [0.2, 0.25) is 0 Å². The maximum atomic E-state index is 12.0. The summed E-state index contributed by atoms with van der Waals surface area (Å²) in [6.07, 6.45) is 4.16. The van der Waals surface area contributed by atoms with Crippen molar-refractivity contribution in [1.82, 2.24) is 15.5 Å². The van der Waals surface area contributed by atoms with Crippen molar-refractivity contribution in [1.29, 1.82) is 0 Å². The smallest absolute Gasteiger partial charge is 0.251 e. The van der Waals surface area contributed by atoms with Crippen LogP contribution in [0, 0.1) is 0 Å². The molecular weight excluding hydrogens is 290 g/mol. The topological polar surface area (TPSA) is 61.4 Å². The molecule has 1 rings (SSSR count). The average molecular weight is 319 g/mol. The zero-order valence-corrected chi connectivity index (χ0v) is 14.5. The maximum absolute atomic E-state index is 12.0. The van der Waals surface area contributed by atoms with Gasteiger partial charge in [-0.15, -0.1) is 0 Å². The molecule has 0 aliphatic carbocycles. The van der Waals surface area contributed by atoms with Crippen molar-refractivity contribution in [3.05, 3.63) is 35.4 Å². The summed E-state index contributed by atoms with van der Waals surface area (Å²) in [5.74, 6) is -0.183. The summed E-state index contributed by atoms with van der Waals surface area (Å²) in [6, 6.07) is 6.79. The van der Waals surface area contributed by atoms with Crippen LogP contribution >= 0.6 is 0 Å². The number of rotatable bonds is 10. The summed E-state index contributed by atoms with van der Waals surface area (Å²) < 4.78 is 0. The summed E-state index contributed by atoms with van der Waals surface area (Å²) in [4.78, 5) is 26.0. The lowest BCUT2D eigenvalue weighted by molar-refractivity contribution is 0.0940. The number of hydrogen-bond donors (Lipinski definition) is 2. The van der Waals surface area contributed by atoms with Crippen LogP contribution in [0.5, 0.6) is 0 Å². The lowest BCUT2D eigenvalue weighted by Gasteiger charge is -2.10. The third-order valence-electron chi connectivity index (χ3n) is 3.54. The van der Waals surface area contributed by atoms with Crippen LogP contribution in [0.3, 0.4) is 0 Å². The molecule has 23 heavy (non-hydrogen) atoms. The van der Waals surface area contributed by atoms with E-state index in [-0.39, 0.29) is 11.8 Å². The molecule has 5 nitrogen and oxygen atoms in total. The van der Waals surface area contributed by atoms with Gasteiger partial charge in [0.25, 0.3) is 11.8 Å². The first-order valence-corrected chi connectivity index (χ1v) is 8.35. The zero-order chi connectivity index (χ0) is 17.1. The number of benzene rings is 1. The van der Waals surface area contributed by atoms with Gasteiger partial charge >= 0.3 is 0 Å². The Balaban J connectivity index is 2.39. The lowest BCUT2D eigenvalue weighted by atomic mass is 10.1. The Morgan fingerprint density at radius 1 is 0.870 bits per heavy atom. The molecule has 0 radical (unpaired) electrons. The number of carbonyl (C=O) groups excluding carboxylic acids is 2. The number of nitrogens with one attached hydrogen (secondary N) is 2. The minimum Gasteiger partial charge on any atom is -0.352 e. The number of unbranched alkanes of at least 4 members (excludes halogenated alkanes) is 2. The van der Waals surface area contributed by atoms with Crippen molar-refractivity contribution in [2.45, 2.75) is 32.6 Å². The number of carbonyl (C=O) groups is 2. The van der Waals surface area contributed by atoms with Crippen molar-refractivity contribution in [3.63, 3.8) is 0 Å². The van der Waals surface area contributed by atoms with Gasteiger partial charge in [-0.2, -0.15) is 0 Å². The summed E-state index contributed by atoms with van der Waals surface area (Å²) in [5.41, 5.74) is 1.17. The van der Waals surface area contributed by atoms with Gasteiger partial charge in [0, 0.05) is 24.2 Å². The molecule has 1 aromatic rings. The molecule has 0 aliphatic rings. The van der Waals surface area contributed by atoms with E-state index >= 15 is 0 Å². The van der Waals surface area contributed by atoms with Gasteiger partial charge in [0.1, 0.15) is 0 Å². The van der Waals surface area contributed by atoms with Crippen LogP contribution in [-0.2, 0) is 0 Å². The Morgan fingerprint density at radius 3 is 1.78 bits per heavy atom. The quantitative estimate of drug-likeness (QED) is 0.651. The van der Waals surface area contributed by atoms with Crippen molar-refractivity contribution in [2.75, 3.05) is 33.7 Å². The summed E-state index contributed by atoms with van der Waals surface area (Å²) in [5, 5.41) is 5.78. The molecule has 0 fully saturated rings. The van der Waals surface area contributed by atoms with Gasteiger partial charge < -0.3 is 15.5 Å². The molecule has 0 saturated carbocycles. The van der Waals surface area contributed by atoms with E-state index in [2.05, 4.69) is 22.5 Å². The second-order valence-corrected chi connectivity index (χ2v) is 5.95. The van der Waals surface area contributed by atoms with E-state index in [9.17, 15) is 9.59 Å². The van der Waals surface area contributed by atoms with E-state index in [0.29, 0.717) is 24.2 Å². The zero-order valence-electron chi connectivity index (χ0n) is 14.5. The third-order valence-corrected chi connectivity index (χ3v) is 3.54. The van der Waals surface area contributed by atoms with E-state index < -0.39 is 0 Å². The average Bonchev–Trinajstić information content (AvgIpc) is 2.55. The van der Waals surface area contributed by atoms with Gasteiger partial charge in [0.15, 0.2) is 0 Å². The van der Waals surface area contributed by atoms with Crippen LogP contribution in [0.25, 0.3) is 0 Å². The van der Waals surface area contributed by atoms with Crippen LogP contribution in [0.1, 0.15) is 53.3 Å². The fourth-order valence-corrected chi connectivity index (χ4v) is 2.15. The number of nitrogens with zero attached hydrogens (tertiary/aromatic N) is 1. The minimum absolute atomic E-state index is 0.0842. The summed E-state index contributed by atoms with van der Waals surface area (Å²) in [7, 11) is 4.02. The molecule has 0 saturated heterocycles. The van der Waals surface area contributed by atoms with Crippen LogP contribution in [-0.4, -0.2) is 50.4 Å². The standard InChI is InChI=1S/C18H29N3O2/c1-4-5-6-12-19-17(22)15-8-10-16(11-9-15)18(23)20-13-7-14-21(2)3/h8-11H,4-7,12-14H2,1-3H3,(H,19,22)(H,20,23). The Morgan fingerprint density at radius 2 is 1.35 bits per heavy atom. The van der Waals surface area contributed by atoms with E-state index in [0.717, 1.165) is 32.2 Å². The highest BCUT2D eigenvalue weighted by molar-refractivity contribution is 5.97. The highest BCUT2D eigenvalue weighted by Gasteiger charge is 2.08. The molecule has 0 aliphatic heterocycles. The van der Waals surface area contributed by atoms with Crippen LogP contribution in [0.2, 0.25) is 0 Å². The summed E-state index contributed by atoms with van der Waals surface area (Å²) >= 11 is 0. The van der Waals surface area contributed by atoms with Crippen LogP contribution < -0.4 is 10.6 Å². The van der Waals surface area contributed by atoms with Gasteiger partial charge in [0.05, 0.1) is 0 Å². The Kier molecular flexibility index (Phi) is 8.98. The molecule has 128 valence electrons. The first-order valence-electron chi connectivity index (χ1n) is 8.35. The van der Waals surface area contributed by atoms with E-state index in [1.54, 1.807) is 24.3 Å². The van der Waals surface area contributed by atoms with Crippen molar-refractivity contribution in [3.8, 4) is 0 Å². The van der Waals surface area contributed by atoms with Gasteiger partial charge in [-0.1, -0.05) is 19.8 Å². The van der Waals surface area contributed by atoms with Gasteiger partial charge in [-0.05, 0) is 57.7 Å².